The van der Waals surface area contributed by atoms with Crippen molar-refractivity contribution in [2.45, 2.75) is 84.0 Å². The van der Waals surface area contributed by atoms with Crippen LogP contribution in [0.25, 0.3) is 16.7 Å². The Morgan fingerprint density at radius 2 is 2.03 bits per heavy atom. The Labute approximate surface area is 230 Å². The average Bonchev–Trinajstić information content (AvgIpc) is 3.28. The summed E-state index contributed by atoms with van der Waals surface area (Å²) in [5.74, 6) is 0.238. The molecule has 11 heteroatoms. The highest BCUT2D eigenvalue weighted by Crippen LogP contribution is 2.60. The van der Waals surface area contributed by atoms with Crippen LogP contribution >= 0.6 is 11.6 Å². The summed E-state index contributed by atoms with van der Waals surface area (Å²) in [5, 5.41) is 9.40. The molecule has 1 spiro atoms. The first-order chi connectivity index (χ1) is 18.7. The predicted molar refractivity (Wildman–Crippen MR) is 139 cm³/mol. The normalized spacial score (nSPS) is 37.6. The zero-order valence-corrected chi connectivity index (χ0v) is 23.1. The van der Waals surface area contributed by atoms with Gasteiger partial charge >= 0.3 is 5.63 Å². The molecular weight excluding hydrogens is 526 g/mol. The van der Waals surface area contributed by atoms with Gasteiger partial charge in [0.1, 0.15) is 16.3 Å². The smallest absolute Gasteiger partial charge is 0.355 e. The van der Waals surface area contributed by atoms with Gasteiger partial charge < -0.3 is 18.6 Å². The Bertz CT molecular complexity index is 1490. The van der Waals surface area contributed by atoms with E-state index < -0.39 is 29.6 Å². The Morgan fingerprint density at radius 3 is 2.87 bits per heavy atom. The summed E-state index contributed by atoms with van der Waals surface area (Å²) in [4.78, 5) is 24.1. The van der Waals surface area contributed by atoms with Crippen molar-refractivity contribution in [2.75, 3.05) is 0 Å². The Hall–Kier alpha value is -2.34. The highest BCUT2D eigenvalue weighted by Gasteiger charge is 2.69. The van der Waals surface area contributed by atoms with Crippen molar-refractivity contribution in [1.82, 2.24) is 15.0 Å². The lowest BCUT2D eigenvalue weighted by Gasteiger charge is -2.60. The zero-order valence-electron chi connectivity index (χ0n) is 22.4. The maximum atomic E-state index is 12.0. The Morgan fingerprint density at radius 1 is 1.18 bits per heavy atom. The van der Waals surface area contributed by atoms with Gasteiger partial charge in [0.15, 0.2) is 18.2 Å². The molecule has 0 amide bonds. The topological polar surface area (TPSA) is 107 Å². The summed E-state index contributed by atoms with van der Waals surface area (Å²) in [6.07, 6.45) is 4.63. The van der Waals surface area contributed by atoms with Gasteiger partial charge in [0, 0.05) is 29.7 Å². The first kappa shape index (κ1) is 25.6. The van der Waals surface area contributed by atoms with Crippen molar-refractivity contribution in [1.29, 1.82) is 0 Å². The molecule has 8 atom stereocenters. The van der Waals surface area contributed by atoms with E-state index in [1.54, 1.807) is 23.9 Å². The Kier molecular flexibility index (Phi) is 5.97. The van der Waals surface area contributed by atoms with Gasteiger partial charge in [-0.25, -0.2) is 19.3 Å². The van der Waals surface area contributed by atoms with Crippen LogP contribution in [0, 0.1) is 30.6 Å². The standard InChI is InChI=1S/C28H32ClN3O7/c1-14-5-8-21-16(3)25(36-26-28(21)20(14)9-10-27(4,37-26)38-39-28)34-13-17-12-32(31-30-17)18-6-7-19-15(2)23(29)24(33)35-22(19)11-18/h6-7,11-12,14,16,20-21,25-26H,5,8-10,13H2,1-4H3/t14-,16-,20+,21+,25+,26-,27-,28-/m1/s1. The quantitative estimate of drug-likeness (QED) is 0.321. The highest BCUT2D eigenvalue weighted by molar-refractivity contribution is 6.31. The number of fused-ring (bicyclic) bond motifs is 3. The molecule has 4 saturated heterocycles. The van der Waals surface area contributed by atoms with Gasteiger partial charge in [-0.15, -0.1) is 5.10 Å². The van der Waals surface area contributed by atoms with Crippen LogP contribution in [0.15, 0.2) is 33.6 Å². The van der Waals surface area contributed by atoms with Crippen molar-refractivity contribution < 1.29 is 28.4 Å². The molecule has 2 bridgehead atoms. The van der Waals surface area contributed by atoms with Crippen LogP contribution in [0.3, 0.4) is 0 Å². The van der Waals surface area contributed by atoms with E-state index in [1.165, 1.54) is 0 Å². The molecule has 10 nitrogen and oxygen atoms in total. The lowest BCUT2D eigenvalue weighted by Crippen LogP contribution is -2.70. The molecule has 208 valence electrons. The summed E-state index contributed by atoms with van der Waals surface area (Å²) < 4.78 is 26.2. The first-order valence-corrected chi connectivity index (χ1v) is 14.0. The van der Waals surface area contributed by atoms with Gasteiger partial charge in [-0.05, 0) is 62.6 Å². The van der Waals surface area contributed by atoms with Gasteiger partial charge in [0.25, 0.3) is 0 Å². The summed E-state index contributed by atoms with van der Waals surface area (Å²) in [5.41, 5.74) is 1.27. The maximum absolute atomic E-state index is 12.0. The molecule has 0 unspecified atom stereocenters. The third-order valence-corrected chi connectivity index (χ3v) is 9.82. The van der Waals surface area contributed by atoms with Gasteiger partial charge in [-0.1, -0.05) is 30.7 Å². The third-order valence-electron chi connectivity index (χ3n) is 9.38. The number of ether oxygens (including phenoxy) is 3. The van der Waals surface area contributed by atoms with Crippen molar-refractivity contribution in [3.63, 3.8) is 0 Å². The van der Waals surface area contributed by atoms with E-state index in [1.807, 2.05) is 19.1 Å². The van der Waals surface area contributed by atoms with Gasteiger partial charge in [-0.3, -0.25) is 0 Å². The molecule has 39 heavy (non-hydrogen) atoms. The predicted octanol–water partition coefficient (Wildman–Crippen LogP) is 5.06. The molecule has 0 radical (unpaired) electrons. The van der Waals surface area contributed by atoms with E-state index in [0.29, 0.717) is 34.4 Å². The van der Waals surface area contributed by atoms with Crippen molar-refractivity contribution in [3.05, 3.63) is 51.1 Å². The van der Waals surface area contributed by atoms with Crippen molar-refractivity contribution >= 4 is 22.6 Å². The number of aryl methyl sites for hydroxylation is 1. The van der Waals surface area contributed by atoms with Gasteiger partial charge in [0.2, 0.25) is 5.79 Å². The minimum atomic E-state index is -0.825. The third kappa shape index (κ3) is 3.91. The number of rotatable bonds is 4. The molecule has 1 aliphatic carbocycles. The fourth-order valence-electron chi connectivity index (χ4n) is 7.18. The molecule has 4 aliphatic heterocycles. The second-order valence-electron chi connectivity index (χ2n) is 11.7. The molecule has 2 aromatic heterocycles. The van der Waals surface area contributed by atoms with Gasteiger partial charge in [0.05, 0.1) is 18.5 Å². The van der Waals surface area contributed by atoms with Crippen molar-refractivity contribution in [3.8, 4) is 5.69 Å². The second-order valence-corrected chi connectivity index (χ2v) is 12.1. The maximum Gasteiger partial charge on any atom is 0.355 e. The number of hydrogen-bond donors (Lipinski definition) is 0. The van der Waals surface area contributed by atoms with E-state index in [4.69, 9.17) is 40.0 Å². The summed E-state index contributed by atoms with van der Waals surface area (Å²) >= 11 is 6.05. The monoisotopic (exact) mass is 557 g/mol. The van der Waals surface area contributed by atoms with Crippen LogP contribution in [-0.4, -0.2) is 39.0 Å². The molecule has 8 rings (SSSR count). The largest absolute Gasteiger partial charge is 0.422 e. The lowest BCUT2D eigenvalue weighted by molar-refractivity contribution is -0.577. The minimum Gasteiger partial charge on any atom is -0.422 e. The Balaban J connectivity index is 1.10. The summed E-state index contributed by atoms with van der Waals surface area (Å²) in [6, 6.07) is 5.47. The number of benzene rings is 1. The van der Waals surface area contributed by atoms with Crippen LogP contribution in [0.2, 0.25) is 5.02 Å². The van der Waals surface area contributed by atoms with E-state index in [2.05, 4.69) is 24.2 Å². The number of aromatic nitrogens is 3. The number of nitrogens with zero attached hydrogens (tertiary/aromatic N) is 3. The summed E-state index contributed by atoms with van der Waals surface area (Å²) in [6.45, 7) is 8.38. The van der Waals surface area contributed by atoms with Crippen LogP contribution < -0.4 is 5.63 Å². The number of halogens is 1. The van der Waals surface area contributed by atoms with Crippen LogP contribution in [0.4, 0.5) is 0 Å². The molecule has 3 aromatic rings. The highest BCUT2D eigenvalue weighted by atomic mass is 35.5. The minimum absolute atomic E-state index is 0.0689. The zero-order chi connectivity index (χ0) is 27.1. The van der Waals surface area contributed by atoms with Crippen LogP contribution in [0.5, 0.6) is 0 Å². The van der Waals surface area contributed by atoms with Crippen LogP contribution in [-0.2, 0) is 30.6 Å². The molecule has 1 aromatic carbocycles. The lowest BCUT2D eigenvalue weighted by atomic mass is 9.58. The van der Waals surface area contributed by atoms with Crippen LogP contribution in [0.1, 0.15) is 57.7 Å². The van der Waals surface area contributed by atoms with E-state index in [0.717, 1.165) is 31.1 Å². The average molecular weight is 558 g/mol. The van der Waals surface area contributed by atoms with E-state index in [9.17, 15) is 4.79 Å². The first-order valence-electron chi connectivity index (χ1n) is 13.6. The molecule has 5 fully saturated rings. The molecule has 6 heterocycles. The SMILES string of the molecule is Cc1c(Cl)c(=O)oc2cc(-n3cc(CO[C@H]4O[C@@H]5O[C@@]6(C)CC[C@H]7[C@H](C)CC[C@@H]([C@H]4C)[C@@]57OO6)nn3)ccc12. The molecule has 5 aliphatic rings. The van der Waals surface area contributed by atoms with Gasteiger partial charge in [-0.2, -0.15) is 0 Å². The molecular formula is C28H32ClN3O7. The molecule has 1 saturated carbocycles. The number of hydrogen-bond acceptors (Lipinski definition) is 9. The fourth-order valence-corrected chi connectivity index (χ4v) is 7.32. The van der Waals surface area contributed by atoms with Crippen molar-refractivity contribution in [2.24, 2.45) is 23.7 Å². The van der Waals surface area contributed by atoms with E-state index >= 15 is 0 Å². The fraction of sp³-hybridized carbons (Fsp3) is 0.607. The second kappa shape index (κ2) is 9.09. The molecule has 0 N–H and O–H groups in total. The van der Waals surface area contributed by atoms with E-state index in [-0.39, 0.29) is 23.5 Å². The summed E-state index contributed by atoms with van der Waals surface area (Å²) in [7, 11) is 0.